The monoisotopic (exact) mass is 530 g/mol. The topological polar surface area (TPSA) is 100 Å². The van der Waals surface area contributed by atoms with Crippen molar-refractivity contribution in [2.45, 2.75) is 6.04 Å². The number of nitrogens with two attached hydrogens (primary N) is 1. The molecule has 38 heavy (non-hydrogen) atoms. The Morgan fingerprint density at radius 1 is 1.00 bits per heavy atom. The van der Waals surface area contributed by atoms with E-state index in [-0.39, 0.29) is 12.6 Å². The Labute approximate surface area is 225 Å². The standard InChI is InChI=1S/C28H27ClN6O3/c1-20-33(15-16-34(30)36)19-27(21-3-2-4-26(17-21)38-28-18-31-13-14-32-28)35(20)23-7-11-25(12-8-23)37-24-9-5-22(29)6-10-24/h2-14,17-18,27,36H,1,15-16,19,30H2. The Hall–Kier alpha value is -4.15. The van der Waals surface area contributed by atoms with Crippen molar-refractivity contribution in [3.63, 3.8) is 0 Å². The fraction of sp³-hybridized carbons (Fsp3) is 0.143. The maximum Gasteiger partial charge on any atom is 0.237 e. The van der Waals surface area contributed by atoms with Crippen molar-refractivity contribution >= 4 is 17.3 Å². The first-order chi connectivity index (χ1) is 18.5. The third kappa shape index (κ3) is 6.04. The van der Waals surface area contributed by atoms with Crippen LogP contribution in [-0.4, -0.2) is 44.9 Å². The first-order valence-electron chi connectivity index (χ1n) is 12.0. The quantitative estimate of drug-likeness (QED) is 0.211. The minimum Gasteiger partial charge on any atom is -0.457 e. The molecule has 4 aromatic rings. The number of rotatable bonds is 9. The lowest BCUT2D eigenvalue weighted by Crippen LogP contribution is -2.35. The molecule has 3 N–H and O–H groups in total. The van der Waals surface area contributed by atoms with Gasteiger partial charge in [0.15, 0.2) is 0 Å². The van der Waals surface area contributed by atoms with Gasteiger partial charge in [-0.1, -0.05) is 30.3 Å². The van der Waals surface area contributed by atoms with Gasteiger partial charge in [-0.15, -0.1) is 5.17 Å². The van der Waals surface area contributed by atoms with Crippen LogP contribution in [0, 0.1) is 0 Å². The molecule has 0 spiro atoms. The van der Waals surface area contributed by atoms with E-state index in [4.69, 9.17) is 26.9 Å². The predicted molar refractivity (Wildman–Crippen MR) is 145 cm³/mol. The van der Waals surface area contributed by atoms with Crippen LogP contribution in [0.3, 0.4) is 0 Å². The molecule has 0 saturated carbocycles. The Kier molecular flexibility index (Phi) is 7.71. The molecule has 2 heterocycles. The summed E-state index contributed by atoms with van der Waals surface area (Å²) in [5.41, 5.74) is 1.98. The van der Waals surface area contributed by atoms with Crippen LogP contribution in [0.5, 0.6) is 23.1 Å². The van der Waals surface area contributed by atoms with Crippen molar-refractivity contribution < 1.29 is 14.7 Å². The number of nitrogens with zero attached hydrogens (tertiary/aromatic N) is 5. The average molecular weight is 531 g/mol. The molecule has 5 rings (SSSR count). The summed E-state index contributed by atoms with van der Waals surface area (Å²) in [6, 6.07) is 22.8. The molecule has 3 aromatic carbocycles. The van der Waals surface area contributed by atoms with Gasteiger partial charge in [0, 0.05) is 36.2 Å². The van der Waals surface area contributed by atoms with Gasteiger partial charge in [0.2, 0.25) is 5.88 Å². The molecule has 0 radical (unpaired) electrons. The number of anilines is 1. The van der Waals surface area contributed by atoms with Gasteiger partial charge >= 0.3 is 0 Å². The highest BCUT2D eigenvalue weighted by Gasteiger charge is 2.35. The first kappa shape index (κ1) is 25.5. The van der Waals surface area contributed by atoms with E-state index in [1.807, 2.05) is 54.6 Å². The minimum atomic E-state index is -0.0686. The third-order valence-corrected chi connectivity index (χ3v) is 6.37. The van der Waals surface area contributed by atoms with Gasteiger partial charge in [0.25, 0.3) is 0 Å². The van der Waals surface area contributed by atoms with Crippen LogP contribution in [0.4, 0.5) is 5.69 Å². The minimum absolute atomic E-state index is 0.0686. The Morgan fingerprint density at radius 3 is 2.42 bits per heavy atom. The number of halogens is 1. The summed E-state index contributed by atoms with van der Waals surface area (Å²) in [4.78, 5) is 12.5. The van der Waals surface area contributed by atoms with Crippen LogP contribution in [0.25, 0.3) is 0 Å². The normalized spacial score (nSPS) is 15.3. The van der Waals surface area contributed by atoms with Gasteiger partial charge in [-0.2, -0.15) is 0 Å². The summed E-state index contributed by atoms with van der Waals surface area (Å²) in [7, 11) is 0. The van der Waals surface area contributed by atoms with Gasteiger partial charge < -0.3 is 19.3 Å². The van der Waals surface area contributed by atoms with Crippen molar-refractivity contribution in [3.05, 3.63) is 114 Å². The average Bonchev–Trinajstić information content (AvgIpc) is 3.26. The molecule has 1 saturated heterocycles. The lowest BCUT2D eigenvalue weighted by Gasteiger charge is -2.28. The molecular weight excluding hydrogens is 504 g/mol. The fourth-order valence-electron chi connectivity index (χ4n) is 4.31. The Morgan fingerprint density at radius 2 is 1.74 bits per heavy atom. The number of hydroxylamine groups is 1. The van der Waals surface area contributed by atoms with Crippen LogP contribution in [0.1, 0.15) is 11.6 Å². The molecule has 1 fully saturated rings. The first-order valence-corrected chi connectivity index (χ1v) is 12.4. The molecule has 194 valence electrons. The molecular formula is C28H27ClN6O3. The predicted octanol–water partition coefficient (Wildman–Crippen LogP) is 5.61. The van der Waals surface area contributed by atoms with E-state index in [0.29, 0.717) is 46.4 Å². The van der Waals surface area contributed by atoms with Crippen LogP contribution in [0.15, 0.2) is 104 Å². The van der Waals surface area contributed by atoms with Crippen LogP contribution in [0.2, 0.25) is 5.02 Å². The Balaban J connectivity index is 1.40. The van der Waals surface area contributed by atoms with Gasteiger partial charge in [-0.05, 0) is 66.2 Å². The summed E-state index contributed by atoms with van der Waals surface area (Å²) in [5, 5.41) is 10.8. The maximum absolute atomic E-state index is 9.50. The van der Waals surface area contributed by atoms with E-state index in [1.165, 1.54) is 0 Å². The zero-order valence-corrected chi connectivity index (χ0v) is 21.3. The highest BCUT2D eigenvalue weighted by molar-refractivity contribution is 6.30. The van der Waals surface area contributed by atoms with Crippen LogP contribution < -0.4 is 20.2 Å². The summed E-state index contributed by atoms with van der Waals surface area (Å²) < 4.78 is 11.9. The summed E-state index contributed by atoms with van der Waals surface area (Å²) in [6.45, 7) is 5.77. The molecule has 9 nitrogen and oxygen atoms in total. The van der Waals surface area contributed by atoms with Crippen molar-refractivity contribution in [1.29, 1.82) is 0 Å². The second kappa shape index (κ2) is 11.5. The zero-order valence-electron chi connectivity index (χ0n) is 20.5. The number of benzene rings is 3. The molecule has 1 aliphatic rings. The van der Waals surface area contributed by atoms with Crippen molar-refractivity contribution in [2.24, 2.45) is 5.84 Å². The van der Waals surface area contributed by atoms with Gasteiger partial charge in [0.05, 0.1) is 18.8 Å². The van der Waals surface area contributed by atoms with E-state index in [1.54, 1.807) is 30.7 Å². The summed E-state index contributed by atoms with van der Waals surface area (Å²) in [6.07, 6.45) is 4.75. The number of hydrazine groups is 1. The fourth-order valence-corrected chi connectivity index (χ4v) is 4.44. The lowest BCUT2D eigenvalue weighted by atomic mass is 10.1. The molecule has 0 aliphatic carbocycles. The van der Waals surface area contributed by atoms with Crippen LogP contribution in [-0.2, 0) is 0 Å². The molecule has 1 atom stereocenters. The van der Waals surface area contributed by atoms with E-state index < -0.39 is 0 Å². The summed E-state index contributed by atoms with van der Waals surface area (Å²) >= 11 is 5.98. The number of aromatic nitrogens is 2. The molecule has 1 aromatic heterocycles. The number of hydrogen-bond acceptors (Lipinski definition) is 9. The zero-order chi connectivity index (χ0) is 26.5. The number of hydrogen-bond donors (Lipinski definition) is 2. The lowest BCUT2D eigenvalue weighted by molar-refractivity contribution is -0.0953. The maximum atomic E-state index is 9.50. The van der Waals surface area contributed by atoms with Gasteiger partial charge in [-0.3, -0.25) is 10.2 Å². The van der Waals surface area contributed by atoms with Crippen molar-refractivity contribution in [2.75, 3.05) is 24.5 Å². The molecule has 1 unspecified atom stereocenters. The van der Waals surface area contributed by atoms with E-state index in [0.717, 1.165) is 17.1 Å². The van der Waals surface area contributed by atoms with E-state index in [9.17, 15) is 5.21 Å². The molecule has 0 bridgehead atoms. The molecule has 0 amide bonds. The van der Waals surface area contributed by atoms with Crippen molar-refractivity contribution in [3.8, 4) is 23.1 Å². The molecule has 1 aliphatic heterocycles. The second-order valence-electron chi connectivity index (χ2n) is 8.68. The SMILES string of the molecule is C=C1N(CCN(N)O)CC(c2cccc(Oc3cnccn3)c2)N1c1ccc(Oc2ccc(Cl)cc2)cc1. The van der Waals surface area contributed by atoms with E-state index >= 15 is 0 Å². The van der Waals surface area contributed by atoms with Gasteiger partial charge in [-0.25, -0.2) is 10.8 Å². The van der Waals surface area contributed by atoms with Gasteiger partial charge in [0.1, 0.15) is 23.1 Å². The Bertz CT molecular complexity index is 1370. The van der Waals surface area contributed by atoms with Crippen molar-refractivity contribution in [1.82, 2.24) is 20.0 Å². The third-order valence-electron chi connectivity index (χ3n) is 6.12. The largest absolute Gasteiger partial charge is 0.457 e. The highest BCUT2D eigenvalue weighted by atomic mass is 35.5. The second-order valence-corrected chi connectivity index (χ2v) is 9.12. The van der Waals surface area contributed by atoms with Crippen LogP contribution >= 0.6 is 11.6 Å². The van der Waals surface area contributed by atoms with E-state index in [2.05, 4.69) is 32.4 Å². The smallest absolute Gasteiger partial charge is 0.237 e. The summed E-state index contributed by atoms with van der Waals surface area (Å²) in [5.74, 6) is 8.73. The number of ether oxygens (including phenoxy) is 2. The molecule has 10 heteroatoms. The highest BCUT2D eigenvalue weighted by Crippen LogP contribution is 2.40.